The minimum atomic E-state index is -1.55. The number of nitrogens with zero attached hydrogens (tertiary/aromatic N) is 7. The zero-order chi connectivity index (χ0) is 24.1. The summed E-state index contributed by atoms with van der Waals surface area (Å²) >= 11 is -1.55. The molecule has 2 aromatic heterocycles. The summed E-state index contributed by atoms with van der Waals surface area (Å²) in [6.07, 6.45) is 5.93. The molecule has 2 aromatic carbocycles. The van der Waals surface area contributed by atoms with Crippen molar-refractivity contribution in [2.75, 3.05) is 17.3 Å². The standard InChI is InChI=1S/C21H17N9O3S/c1-34(33)17-11-14(30(31)32)7-8-15(17)28-29-18-19(22)26-20(16-12-23-9-10-24-16)27-21(18)25-13-5-3-2-4-6-13/h2-12H,1H3,(H3,22,25,26,27)/b29-28+. The monoisotopic (exact) mass is 475 g/mol. The molecule has 4 rings (SSSR count). The number of non-ortho nitro benzene ring substituents is 1. The Hall–Kier alpha value is -4.49. The van der Waals surface area contributed by atoms with Gasteiger partial charge >= 0.3 is 0 Å². The number of benzene rings is 2. The average molecular weight is 475 g/mol. The third-order valence-corrected chi connectivity index (χ3v) is 5.41. The molecule has 0 amide bonds. The fourth-order valence-corrected chi connectivity index (χ4v) is 3.57. The van der Waals surface area contributed by atoms with Gasteiger partial charge < -0.3 is 15.6 Å². The smallest absolute Gasteiger partial charge is 0.274 e. The molecular weight excluding hydrogens is 458 g/mol. The minimum Gasteiger partial charge on any atom is -0.612 e. The van der Waals surface area contributed by atoms with Gasteiger partial charge in [-0.25, -0.2) is 15.0 Å². The van der Waals surface area contributed by atoms with E-state index in [1.54, 1.807) is 0 Å². The van der Waals surface area contributed by atoms with Crippen LogP contribution in [0.2, 0.25) is 0 Å². The van der Waals surface area contributed by atoms with Crippen molar-refractivity contribution in [1.82, 2.24) is 19.9 Å². The number of para-hydroxylation sites is 1. The summed E-state index contributed by atoms with van der Waals surface area (Å²) in [5, 5.41) is 22.6. The second kappa shape index (κ2) is 9.97. The Balaban J connectivity index is 1.79. The van der Waals surface area contributed by atoms with E-state index in [2.05, 4.69) is 35.5 Å². The number of nitro groups is 1. The van der Waals surface area contributed by atoms with Crippen LogP contribution in [0, 0.1) is 10.1 Å². The Kier molecular flexibility index (Phi) is 6.66. The number of hydrogen-bond donors (Lipinski definition) is 2. The normalized spacial score (nSPS) is 11.9. The van der Waals surface area contributed by atoms with Crippen molar-refractivity contribution in [2.24, 2.45) is 10.2 Å². The summed E-state index contributed by atoms with van der Waals surface area (Å²) < 4.78 is 12.1. The molecule has 13 heteroatoms. The lowest BCUT2D eigenvalue weighted by Crippen LogP contribution is -2.03. The summed E-state index contributed by atoms with van der Waals surface area (Å²) in [4.78, 5) is 27.7. The topological polar surface area (TPSA) is 181 Å². The number of nitrogens with one attached hydrogen (secondary N) is 1. The van der Waals surface area contributed by atoms with E-state index in [-0.39, 0.29) is 39.4 Å². The fraction of sp³-hybridized carbons (Fsp3) is 0.0476. The molecule has 1 atom stereocenters. The SMILES string of the molecule is C[S+]([O-])c1cc([N+](=O)[O-])ccc1/N=N/c1c(N)nc(-c2cnccn2)nc1Nc1ccccc1. The zero-order valence-corrected chi connectivity index (χ0v) is 18.5. The first-order valence-electron chi connectivity index (χ1n) is 9.72. The lowest BCUT2D eigenvalue weighted by atomic mass is 10.3. The number of anilines is 3. The Bertz CT molecular complexity index is 1350. The van der Waals surface area contributed by atoms with E-state index in [1.165, 1.54) is 43.0 Å². The second-order valence-electron chi connectivity index (χ2n) is 6.77. The highest BCUT2D eigenvalue weighted by Gasteiger charge is 2.19. The van der Waals surface area contributed by atoms with Gasteiger partial charge in [-0.3, -0.25) is 15.1 Å². The first-order chi connectivity index (χ1) is 16.4. The lowest BCUT2D eigenvalue weighted by Gasteiger charge is -2.11. The van der Waals surface area contributed by atoms with Crippen LogP contribution >= 0.6 is 0 Å². The van der Waals surface area contributed by atoms with Gasteiger partial charge in [0.2, 0.25) is 0 Å². The summed E-state index contributed by atoms with van der Waals surface area (Å²) in [6.45, 7) is 0. The second-order valence-corrected chi connectivity index (χ2v) is 8.12. The van der Waals surface area contributed by atoms with Crippen LogP contribution in [0.4, 0.5) is 34.4 Å². The van der Waals surface area contributed by atoms with Crippen molar-refractivity contribution in [3.05, 3.63) is 77.2 Å². The largest absolute Gasteiger partial charge is 0.612 e. The predicted octanol–water partition coefficient (Wildman–Crippen LogP) is 4.32. The third kappa shape index (κ3) is 5.11. The average Bonchev–Trinajstić information content (AvgIpc) is 2.84. The van der Waals surface area contributed by atoms with E-state index >= 15 is 0 Å². The predicted molar refractivity (Wildman–Crippen MR) is 127 cm³/mol. The molecule has 4 aromatic rings. The molecule has 3 N–H and O–H groups in total. The number of aromatic nitrogens is 4. The number of azo groups is 1. The first-order valence-corrected chi connectivity index (χ1v) is 11.3. The molecule has 2 heterocycles. The maximum Gasteiger partial charge on any atom is 0.274 e. The van der Waals surface area contributed by atoms with Crippen LogP contribution in [0.25, 0.3) is 11.5 Å². The van der Waals surface area contributed by atoms with E-state index < -0.39 is 16.1 Å². The van der Waals surface area contributed by atoms with Crippen molar-refractivity contribution >= 4 is 45.6 Å². The van der Waals surface area contributed by atoms with Gasteiger partial charge in [-0.05, 0) is 29.4 Å². The van der Waals surface area contributed by atoms with Gasteiger partial charge in [-0.1, -0.05) is 18.2 Å². The highest BCUT2D eigenvalue weighted by atomic mass is 32.2. The fourth-order valence-electron chi connectivity index (χ4n) is 2.88. The Morgan fingerprint density at radius 3 is 2.56 bits per heavy atom. The van der Waals surface area contributed by atoms with Gasteiger partial charge in [0.1, 0.15) is 17.6 Å². The molecule has 0 aliphatic heterocycles. The molecule has 0 fully saturated rings. The quantitative estimate of drug-likeness (QED) is 0.170. The summed E-state index contributed by atoms with van der Waals surface area (Å²) in [5.74, 6) is 0.497. The van der Waals surface area contributed by atoms with E-state index in [0.29, 0.717) is 11.4 Å². The zero-order valence-electron chi connectivity index (χ0n) is 17.7. The van der Waals surface area contributed by atoms with Crippen LogP contribution in [0.3, 0.4) is 0 Å². The Labute approximate surface area is 196 Å². The van der Waals surface area contributed by atoms with Crippen molar-refractivity contribution in [3.8, 4) is 11.5 Å². The van der Waals surface area contributed by atoms with Crippen molar-refractivity contribution < 1.29 is 9.48 Å². The maximum absolute atomic E-state index is 12.1. The number of nitro benzene ring substituents is 1. The van der Waals surface area contributed by atoms with Crippen LogP contribution in [0.15, 0.2) is 82.2 Å². The van der Waals surface area contributed by atoms with Gasteiger partial charge in [0, 0.05) is 24.1 Å². The summed E-state index contributed by atoms with van der Waals surface area (Å²) in [5.41, 5.74) is 7.44. The maximum atomic E-state index is 12.1. The molecule has 0 saturated heterocycles. The van der Waals surface area contributed by atoms with Crippen molar-refractivity contribution in [3.63, 3.8) is 0 Å². The number of nitrogens with two attached hydrogens (primary N) is 1. The number of rotatable bonds is 7. The molecular formula is C21H17N9O3S. The number of hydrogen-bond acceptors (Lipinski definition) is 11. The van der Waals surface area contributed by atoms with Gasteiger partial charge in [-0.15, -0.1) is 10.2 Å². The molecule has 1 unspecified atom stereocenters. The Morgan fingerprint density at radius 2 is 1.88 bits per heavy atom. The molecule has 0 aliphatic rings. The van der Waals surface area contributed by atoms with Crippen LogP contribution in [0.5, 0.6) is 0 Å². The van der Waals surface area contributed by atoms with E-state index in [4.69, 9.17) is 5.73 Å². The van der Waals surface area contributed by atoms with E-state index in [9.17, 15) is 14.7 Å². The molecule has 0 aliphatic carbocycles. The van der Waals surface area contributed by atoms with Crippen LogP contribution in [0.1, 0.15) is 0 Å². The van der Waals surface area contributed by atoms with Crippen molar-refractivity contribution in [1.29, 1.82) is 0 Å². The van der Waals surface area contributed by atoms with Gasteiger partial charge in [0.05, 0.1) is 17.2 Å². The van der Waals surface area contributed by atoms with Gasteiger partial charge in [0.25, 0.3) is 5.69 Å². The highest BCUT2D eigenvalue weighted by Crippen LogP contribution is 2.36. The minimum absolute atomic E-state index is 0.0129. The van der Waals surface area contributed by atoms with Crippen LogP contribution in [-0.4, -0.2) is 35.7 Å². The van der Waals surface area contributed by atoms with E-state index in [1.807, 2.05) is 30.3 Å². The summed E-state index contributed by atoms with van der Waals surface area (Å²) in [6, 6.07) is 13.0. The Morgan fingerprint density at radius 1 is 1.09 bits per heavy atom. The lowest BCUT2D eigenvalue weighted by molar-refractivity contribution is -0.385. The first kappa shape index (κ1) is 22.7. The summed E-state index contributed by atoms with van der Waals surface area (Å²) in [7, 11) is 0. The molecule has 0 radical (unpaired) electrons. The molecule has 0 saturated carbocycles. The van der Waals surface area contributed by atoms with Crippen LogP contribution in [-0.2, 0) is 11.2 Å². The molecule has 170 valence electrons. The van der Waals surface area contributed by atoms with Crippen LogP contribution < -0.4 is 11.1 Å². The molecule has 12 nitrogen and oxygen atoms in total. The van der Waals surface area contributed by atoms with Gasteiger partial charge in [-0.2, -0.15) is 0 Å². The van der Waals surface area contributed by atoms with Crippen molar-refractivity contribution in [2.45, 2.75) is 4.90 Å². The third-order valence-electron chi connectivity index (χ3n) is 4.46. The highest BCUT2D eigenvalue weighted by molar-refractivity contribution is 7.90. The molecule has 0 spiro atoms. The van der Waals surface area contributed by atoms with E-state index in [0.717, 1.165) is 0 Å². The number of nitrogen functional groups attached to an aromatic ring is 1. The van der Waals surface area contributed by atoms with Gasteiger partial charge in [0.15, 0.2) is 28.0 Å². The molecule has 0 bridgehead atoms. The molecule has 34 heavy (non-hydrogen) atoms.